The van der Waals surface area contributed by atoms with E-state index in [9.17, 15) is 14.0 Å². The van der Waals surface area contributed by atoms with Crippen molar-refractivity contribution in [2.24, 2.45) is 5.16 Å². The van der Waals surface area contributed by atoms with E-state index in [1.54, 1.807) is 28.0 Å². The van der Waals surface area contributed by atoms with Gasteiger partial charge in [-0.15, -0.1) is 0 Å². The number of carbonyl (C=O) groups is 2. The van der Waals surface area contributed by atoms with Crippen LogP contribution in [0.15, 0.2) is 41.6 Å². The first-order chi connectivity index (χ1) is 15.9. The van der Waals surface area contributed by atoms with Crippen molar-refractivity contribution in [1.29, 1.82) is 0 Å². The number of carbonyl (C=O) groups excluding carboxylic acids is 2. The second kappa shape index (κ2) is 9.66. The first-order valence-corrected chi connectivity index (χ1v) is 10.8. The first kappa shape index (κ1) is 22.8. The SMILES string of the molecule is COc1cc(OC)c(C2=NOC(C(=O)N3CCN(C(=O)c4cccc(F)c4)CC3)C2)cc1Cl. The molecule has 1 atom stereocenters. The van der Waals surface area contributed by atoms with Crippen LogP contribution in [0.2, 0.25) is 5.02 Å². The summed E-state index contributed by atoms with van der Waals surface area (Å²) < 4.78 is 24.1. The van der Waals surface area contributed by atoms with Crippen LogP contribution in [0.3, 0.4) is 0 Å². The lowest BCUT2D eigenvalue weighted by molar-refractivity contribution is -0.143. The predicted octanol–water partition coefficient (Wildman–Crippen LogP) is 2.97. The summed E-state index contributed by atoms with van der Waals surface area (Å²) >= 11 is 6.25. The quantitative estimate of drug-likeness (QED) is 0.664. The van der Waals surface area contributed by atoms with Crippen LogP contribution in [0.5, 0.6) is 11.5 Å². The number of piperazine rings is 1. The van der Waals surface area contributed by atoms with Gasteiger partial charge in [0.15, 0.2) is 0 Å². The molecular weight excluding hydrogens is 453 g/mol. The number of ether oxygens (including phenoxy) is 2. The molecule has 0 bridgehead atoms. The molecule has 0 aromatic heterocycles. The van der Waals surface area contributed by atoms with Gasteiger partial charge >= 0.3 is 0 Å². The van der Waals surface area contributed by atoms with E-state index in [-0.39, 0.29) is 18.2 Å². The molecule has 2 amide bonds. The lowest BCUT2D eigenvalue weighted by Gasteiger charge is -2.35. The Balaban J connectivity index is 1.36. The lowest BCUT2D eigenvalue weighted by Crippen LogP contribution is -2.53. The standard InChI is InChI=1S/C23H23ClFN3O5/c1-31-19-13-20(32-2)17(24)11-16(19)18-12-21(33-26-18)23(30)28-8-6-27(7-9-28)22(29)14-4-3-5-15(25)10-14/h3-5,10-11,13,21H,6-9,12H2,1-2H3. The Morgan fingerprint density at radius 2 is 1.76 bits per heavy atom. The van der Waals surface area contributed by atoms with Crippen molar-refractivity contribution in [3.8, 4) is 11.5 Å². The van der Waals surface area contributed by atoms with E-state index in [1.807, 2.05) is 0 Å². The Morgan fingerprint density at radius 3 is 2.42 bits per heavy atom. The number of hydrogen-bond acceptors (Lipinski definition) is 6. The maximum absolute atomic E-state index is 13.4. The van der Waals surface area contributed by atoms with Crippen LogP contribution in [0, 0.1) is 5.82 Å². The van der Waals surface area contributed by atoms with Crippen LogP contribution >= 0.6 is 11.6 Å². The average molecular weight is 476 g/mol. The van der Waals surface area contributed by atoms with Gasteiger partial charge < -0.3 is 24.1 Å². The van der Waals surface area contributed by atoms with Gasteiger partial charge in [0.25, 0.3) is 11.8 Å². The van der Waals surface area contributed by atoms with E-state index in [4.69, 9.17) is 25.9 Å². The molecule has 10 heteroatoms. The second-order valence-corrected chi connectivity index (χ2v) is 8.06. The van der Waals surface area contributed by atoms with Crippen LogP contribution in [0.25, 0.3) is 0 Å². The summed E-state index contributed by atoms with van der Waals surface area (Å²) in [4.78, 5) is 34.3. The van der Waals surface area contributed by atoms with Gasteiger partial charge in [-0.1, -0.05) is 22.8 Å². The van der Waals surface area contributed by atoms with Crippen LogP contribution in [-0.4, -0.2) is 73.8 Å². The molecule has 1 fully saturated rings. The van der Waals surface area contributed by atoms with Crippen molar-refractivity contribution in [1.82, 2.24) is 9.80 Å². The highest BCUT2D eigenvalue weighted by Gasteiger charge is 2.35. The molecule has 174 valence electrons. The molecule has 2 aromatic rings. The zero-order chi connectivity index (χ0) is 23.5. The minimum atomic E-state index is -0.768. The van der Waals surface area contributed by atoms with Gasteiger partial charge in [-0.05, 0) is 24.3 Å². The number of halogens is 2. The summed E-state index contributed by atoms with van der Waals surface area (Å²) in [6.07, 6.45) is -0.503. The first-order valence-electron chi connectivity index (χ1n) is 10.4. The van der Waals surface area contributed by atoms with Crippen molar-refractivity contribution < 1.29 is 28.3 Å². The molecule has 0 spiro atoms. The summed E-state index contributed by atoms with van der Waals surface area (Å²) in [5, 5.41) is 4.48. The number of methoxy groups -OCH3 is 2. The third kappa shape index (κ3) is 4.73. The number of nitrogens with zero attached hydrogens (tertiary/aromatic N) is 3. The molecule has 4 rings (SSSR count). The molecule has 0 saturated carbocycles. The number of amides is 2. The molecule has 0 aliphatic carbocycles. The van der Waals surface area contributed by atoms with Crippen molar-refractivity contribution in [3.05, 3.63) is 58.4 Å². The van der Waals surface area contributed by atoms with Gasteiger partial charge in [0.2, 0.25) is 6.10 Å². The van der Waals surface area contributed by atoms with Crippen LogP contribution in [0.1, 0.15) is 22.3 Å². The number of benzene rings is 2. The smallest absolute Gasteiger partial charge is 0.267 e. The van der Waals surface area contributed by atoms with Gasteiger partial charge in [-0.25, -0.2) is 4.39 Å². The Kier molecular flexibility index (Phi) is 6.69. The van der Waals surface area contributed by atoms with Crippen molar-refractivity contribution in [2.45, 2.75) is 12.5 Å². The summed E-state index contributed by atoms with van der Waals surface area (Å²) in [6, 6.07) is 8.91. The molecule has 0 radical (unpaired) electrons. The Bertz CT molecular complexity index is 1100. The predicted molar refractivity (Wildman–Crippen MR) is 119 cm³/mol. The normalized spacial score (nSPS) is 17.9. The molecule has 2 aromatic carbocycles. The lowest BCUT2D eigenvalue weighted by atomic mass is 10.0. The maximum atomic E-state index is 13.4. The van der Waals surface area contributed by atoms with E-state index < -0.39 is 11.9 Å². The fourth-order valence-electron chi connectivity index (χ4n) is 3.89. The van der Waals surface area contributed by atoms with Crippen LogP contribution in [-0.2, 0) is 9.63 Å². The Hall–Kier alpha value is -3.33. The van der Waals surface area contributed by atoms with E-state index in [0.717, 1.165) is 0 Å². The number of oxime groups is 1. The number of hydrogen-bond donors (Lipinski definition) is 0. The highest BCUT2D eigenvalue weighted by molar-refractivity contribution is 6.32. The van der Waals surface area contributed by atoms with Gasteiger partial charge in [0, 0.05) is 49.8 Å². The van der Waals surface area contributed by atoms with Crippen molar-refractivity contribution in [2.75, 3.05) is 40.4 Å². The summed E-state index contributed by atoms with van der Waals surface area (Å²) in [5.41, 5.74) is 1.47. The summed E-state index contributed by atoms with van der Waals surface area (Å²) in [7, 11) is 3.03. The topological polar surface area (TPSA) is 80.7 Å². The molecule has 1 saturated heterocycles. The third-order valence-corrected chi connectivity index (χ3v) is 5.97. The molecule has 2 aliphatic rings. The van der Waals surface area contributed by atoms with Crippen LogP contribution < -0.4 is 9.47 Å². The molecule has 1 unspecified atom stereocenters. The molecule has 2 aliphatic heterocycles. The number of rotatable bonds is 5. The van der Waals surface area contributed by atoms with Crippen molar-refractivity contribution in [3.63, 3.8) is 0 Å². The highest BCUT2D eigenvalue weighted by atomic mass is 35.5. The minimum Gasteiger partial charge on any atom is -0.496 e. The van der Waals surface area contributed by atoms with Gasteiger partial charge in [-0.2, -0.15) is 0 Å². The molecule has 0 N–H and O–H groups in total. The fraction of sp³-hybridized carbons (Fsp3) is 0.348. The van der Waals surface area contributed by atoms with E-state index in [1.165, 1.54) is 32.4 Å². The Labute approximate surface area is 195 Å². The van der Waals surface area contributed by atoms with E-state index in [0.29, 0.717) is 59.5 Å². The molecule has 8 nitrogen and oxygen atoms in total. The monoisotopic (exact) mass is 475 g/mol. The summed E-state index contributed by atoms with van der Waals surface area (Å²) in [5.74, 6) is 0.0582. The molecule has 33 heavy (non-hydrogen) atoms. The van der Waals surface area contributed by atoms with Crippen LogP contribution in [0.4, 0.5) is 4.39 Å². The van der Waals surface area contributed by atoms with E-state index in [2.05, 4.69) is 5.16 Å². The fourth-order valence-corrected chi connectivity index (χ4v) is 4.13. The second-order valence-electron chi connectivity index (χ2n) is 7.65. The largest absolute Gasteiger partial charge is 0.496 e. The maximum Gasteiger partial charge on any atom is 0.267 e. The zero-order valence-corrected chi connectivity index (χ0v) is 19.0. The third-order valence-electron chi connectivity index (χ3n) is 5.68. The minimum absolute atomic E-state index is 0.204. The summed E-state index contributed by atoms with van der Waals surface area (Å²) in [6.45, 7) is 1.41. The Morgan fingerprint density at radius 1 is 1.06 bits per heavy atom. The van der Waals surface area contributed by atoms with Gasteiger partial charge in [-0.3, -0.25) is 9.59 Å². The van der Waals surface area contributed by atoms with Gasteiger partial charge in [0.1, 0.15) is 17.3 Å². The average Bonchev–Trinajstić information content (AvgIpc) is 3.33. The highest BCUT2D eigenvalue weighted by Crippen LogP contribution is 2.35. The molecule has 2 heterocycles. The van der Waals surface area contributed by atoms with E-state index >= 15 is 0 Å². The van der Waals surface area contributed by atoms with Crippen molar-refractivity contribution >= 4 is 29.1 Å². The molecular formula is C23H23ClFN3O5. The van der Waals surface area contributed by atoms with Gasteiger partial charge in [0.05, 0.1) is 25.0 Å². The zero-order valence-electron chi connectivity index (χ0n) is 18.2.